The molecule has 1 unspecified atom stereocenters. The minimum absolute atomic E-state index is 0.0171. The maximum absolute atomic E-state index is 12.2. The van der Waals surface area contributed by atoms with Gasteiger partial charge in [-0.1, -0.05) is 35.3 Å². The lowest BCUT2D eigenvalue weighted by atomic mass is 10.1. The molecule has 3 rings (SSSR count). The Morgan fingerprint density at radius 1 is 1.35 bits per heavy atom. The molecule has 2 aromatic rings. The van der Waals surface area contributed by atoms with E-state index in [1.54, 1.807) is 24.0 Å². The van der Waals surface area contributed by atoms with Crippen LogP contribution in [-0.4, -0.2) is 33.4 Å². The Kier molecular flexibility index (Phi) is 6.15. The van der Waals surface area contributed by atoms with E-state index in [0.29, 0.717) is 21.6 Å². The number of thiazole rings is 1. The van der Waals surface area contributed by atoms with Crippen LogP contribution in [0.3, 0.4) is 0 Å². The first-order chi connectivity index (χ1) is 11.1. The van der Waals surface area contributed by atoms with Crippen molar-refractivity contribution in [3.8, 4) is 0 Å². The van der Waals surface area contributed by atoms with Crippen LogP contribution in [0.4, 0.5) is 5.13 Å². The number of halogens is 2. The topological polar surface area (TPSA) is 42.0 Å². The van der Waals surface area contributed by atoms with Crippen LogP contribution in [0.2, 0.25) is 10.0 Å². The van der Waals surface area contributed by atoms with E-state index in [2.05, 4.69) is 10.3 Å². The van der Waals surface area contributed by atoms with Gasteiger partial charge < -0.3 is 5.32 Å². The lowest BCUT2D eigenvalue weighted by molar-refractivity contribution is -0.115. The number of amides is 1. The van der Waals surface area contributed by atoms with E-state index >= 15 is 0 Å². The number of benzene rings is 1. The molecule has 1 saturated heterocycles. The summed E-state index contributed by atoms with van der Waals surface area (Å²) in [5.41, 5.74) is 0.958. The number of thioether (sulfide) groups is 2. The van der Waals surface area contributed by atoms with E-state index in [4.69, 9.17) is 23.2 Å². The number of hydrogen-bond acceptors (Lipinski definition) is 5. The molecular formula is C15H14Cl2N2OS3. The lowest BCUT2D eigenvalue weighted by Crippen LogP contribution is -2.29. The minimum atomic E-state index is 0.0171. The van der Waals surface area contributed by atoms with Gasteiger partial charge in [0.05, 0.1) is 15.3 Å². The van der Waals surface area contributed by atoms with Crippen molar-refractivity contribution in [2.45, 2.75) is 11.7 Å². The summed E-state index contributed by atoms with van der Waals surface area (Å²) in [6.45, 7) is 0. The maximum atomic E-state index is 12.2. The molecule has 0 spiro atoms. The first-order valence-electron chi connectivity index (χ1n) is 7.01. The molecule has 1 N–H and O–H groups in total. The molecule has 1 atom stereocenters. The molecule has 0 aliphatic carbocycles. The lowest BCUT2D eigenvalue weighted by Gasteiger charge is -2.19. The zero-order valence-electron chi connectivity index (χ0n) is 12.1. The first kappa shape index (κ1) is 17.4. The number of carbonyl (C=O) groups excluding carboxylic acids is 1. The summed E-state index contributed by atoms with van der Waals surface area (Å²) in [5, 5.41) is 4.70. The molecule has 1 aliphatic heterocycles. The molecular weight excluding hydrogens is 391 g/mol. The normalized spacial score (nSPS) is 17.9. The van der Waals surface area contributed by atoms with Gasteiger partial charge in [-0.15, -0.1) is 23.1 Å². The molecule has 1 aromatic carbocycles. The van der Waals surface area contributed by atoms with Gasteiger partial charge in [-0.05, 0) is 11.6 Å². The molecule has 1 fully saturated rings. The van der Waals surface area contributed by atoms with E-state index in [1.807, 2.05) is 23.9 Å². The molecule has 0 radical (unpaired) electrons. The van der Waals surface area contributed by atoms with Gasteiger partial charge >= 0.3 is 0 Å². The molecule has 3 nitrogen and oxygen atoms in total. The van der Waals surface area contributed by atoms with Crippen LogP contribution < -0.4 is 5.32 Å². The van der Waals surface area contributed by atoms with Crippen LogP contribution >= 0.6 is 58.1 Å². The van der Waals surface area contributed by atoms with Gasteiger partial charge in [0.1, 0.15) is 0 Å². The number of anilines is 1. The summed E-state index contributed by atoms with van der Waals surface area (Å²) >= 11 is 17.3. The van der Waals surface area contributed by atoms with Crippen LogP contribution in [0.1, 0.15) is 10.4 Å². The molecule has 8 heteroatoms. The van der Waals surface area contributed by atoms with E-state index in [9.17, 15) is 4.79 Å². The maximum Gasteiger partial charge on any atom is 0.240 e. The van der Waals surface area contributed by atoms with Crippen molar-refractivity contribution >= 4 is 69.1 Å². The fourth-order valence-electron chi connectivity index (χ4n) is 2.14. The molecule has 2 heterocycles. The average molecular weight is 405 g/mol. The number of nitrogens with one attached hydrogen (secondary N) is 1. The van der Waals surface area contributed by atoms with Gasteiger partial charge in [0.2, 0.25) is 5.91 Å². The predicted molar refractivity (Wildman–Crippen MR) is 104 cm³/mol. The number of rotatable bonds is 4. The highest BCUT2D eigenvalue weighted by atomic mass is 35.5. The Hall–Kier alpha value is -0.400. The zero-order chi connectivity index (χ0) is 16.2. The Balaban J connectivity index is 1.63. The van der Waals surface area contributed by atoms with E-state index in [-0.39, 0.29) is 11.2 Å². The van der Waals surface area contributed by atoms with Crippen molar-refractivity contribution in [2.24, 2.45) is 0 Å². The van der Waals surface area contributed by atoms with Gasteiger partial charge in [0.15, 0.2) is 5.13 Å². The van der Waals surface area contributed by atoms with Crippen molar-refractivity contribution in [2.75, 3.05) is 22.6 Å². The summed E-state index contributed by atoms with van der Waals surface area (Å²) in [5.74, 6) is 3.06. The van der Waals surface area contributed by atoms with Crippen molar-refractivity contribution in [1.82, 2.24) is 4.98 Å². The molecule has 122 valence electrons. The van der Waals surface area contributed by atoms with E-state index in [1.165, 1.54) is 11.3 Å². The highest BCUT2D eigenvalue weighted by Gasteiger charge is 2.23. The Labute approximate surface area is 157 Å². The number of carbonyl (C=O) groups is 1. The van der Waals surface area contributed by atoms with Gasteiger partial charge in [-0.2, -0.15) is 11.8 Å². The monoisotopic (exact) mass is 404 g/mol. The summed E-state index contributed by atoms with van der Waals surface area (Å²) in [6, 6.07) is 5.60. The molecule has 1 aliphatic rings. The molecule has 1 amide bonds. The molecule has 0 bridgehead atoms. The van der Waals surface area contributed by atoms with Crippen molar-refractivity contribution in [3.63, 3.8) is 0 Å². The van der Waals surface area contributed by atoms with Gasteiger partial charge in [0, 0.05) is 34.8 Å². The fourth-order valence-corrected chi connectivity index (χ4v) is 5.93. The number of hydrogen-bond donors (Lipinski definition) is 1. The largest absolute Gasteiger partial charge is 0.301 e. The van der Waals surface area contributed by atoms with Crippen LogP contribution in [-0.2, 0) is 11.2 Å². The Bertz CT molecular complexity index is 702. The zero-order valence-corrected chi connectivity index (χ0v) is 16.0. The Morgan fingerprint density at radius 3 is 3.00 bits per heavy atom. The summed E-state index contributed by atoms with van der Waals surface area (Å²) in [4.78, 5) is 17.5. The van der Waals surface area contributed by atoms with Crippen LogP contribution in [0.5, 0.6) is 0 Å². The second-order valence-corrected chi connectivity index (χ2v) is 9.31. The predicted octanol–water partition coefficient (Wildman–Crippen LogP) is 4.83. The second-order valence-electron chi connectivity index (χ2n) is 4.95. The van der Waals surface area contributed by atoms with E-state index in [0.717, 1.165) is 27.7 Å². The van der Waals surface area contributed by atoms with Gasteiger partial charge in [-0.3, -0.25) is 4.79 Å². The minimum Gasteiger partial charge on any atom is -0.301 e. The fraction of sp³-hybridized carbons (Fsp3) is 0.333. The van der Waals surface area contributed by atoms with E-state index < -0.39 is 0 Å². The van der Waals surface area contributed by atoms with Crippen molar-refractivity contribution in [3.05, 3.63) is 44.9 Å². The van der Waals surface area contributed by atoms with Crippen molar-refractivity contribution in [1.29, 1.82) is 0 Å². The second kappa shape index (κ2) is 8.12. The summed E-state index contributed by atoms with van der Waals surface area (Å²) in [6.07, 6.45) is 2.43. The first-order valence-corrected chi connectivity index (χ1v) is 10.8. The summed E-state index contributed by atoms with van der Waals surface area (Å²) in [7, 11) is 0. The highest BCUT2D eigenvalue weighted by Crippen LogP contribution is 2.30. The third-order valence-corrected chi connectivity index (χ3v) is 7.81. The standard InChI is InChI=1S/C15H14Cl2N2OS3/c16-11-3-1-2-9(13(11)17)6-10-7-18-15(23-10)19-14(20)12-8-21-4-5-22-12/h1-3,7,12H,4-6,8H2,(H,18,19,20). The quantitative estimate of drug-likeness (QED) is 0.792. The van der Waals surface area contributed by atoms with Gasteiger partial charge in [0.25, 0.3) is 0 Å². The number of nitrogens with zero attached hydrogens (tertiary/aromatic N) is 1. The van der Waals surface area contributed by atoms with Crippen LogP contribution in [0, 0.1) is 0 Å². The van der Waals surface area contributed by atoms with Crippen LogP contribution in [0.25, 0.3) is 0 Å². The molecule has 23 heavy (non-hydrogen) atoms. The third kappa shape index (κ3) is 4.57. The third-order valence-electron chi connectivity index (χ3n) is 3.29. The highest BCUT2D eigenvalue weighted by molar-refractivity contribution is 8.07. The summed E-state index contributed by atoms with van der Waals surface area (Å²) < 4.78 is 0. The van der Waals surface area contributed by atoms with Crippen molar-refractivity contribution < 1.29 is 4.79 Å². The average Bonchev–Trinajstić information content (AvgIpc) is 3.00. The number of aromatic nitrogens is 1. The van der Waals surface area contributed by atoms with Crippen LogP contribution in [0.15, 0.2) is 24.4 Å². The smallest absolute Gasteiger partial charge is 0.240 e. The molecule has 1 aromatic heterocycles. The van der Waals surface area contributed by atoms with Gasteiger partial charge in [-0.25, -0.2) is 4.98 Å². The molecule has 0 saturated carbocycles. The SMILES string of the molecule is O=C(Nc1ncc(Cc2cccc(Cl)c2Cl)s1)C1CSCCS1. The Morgan fingerprint density at radius 2 is 2.22 bits per heavy atom.